The molecule has 5 nitrogen and oxygen atoms in total. The average Bonchev–Trinajstić information content (AvgIpc) is 2.18. The maximum Gasteiger partial charge on any atom is 0.323 e. The van der Waals surface area contributed by atoms with E-state index in [0.717, 1.165) is 19.4 Å². The maximum atomic E-state index is 11.7. The van der Waals surface area contributed by atoms with E-state index in [0.29, 0.717) is 0 Å². The number of carbonyl (C=O) groups excluding carboxylic acids is 2. The molecular formula is C12H22N2O3. The quantitative estimate of drug-likeness (QED) is 0.711. The van der Waals surface area contributed by atoms with E-state index < -0.39 is 11.6 Å². The van der Waals surface area contributed by atoms with E-state index in [4.69, 9.17) is 4.74 Å². The van der Waals surface area contributed by atoms with Gasteiger partial charge in [0.1, 0.15) is 11.6 Å². The standard InChI is InChI=1S/C12H22N2O3/c1-8(11(16)17-12(2,3)4)14-9-6-5-7-13-10(9)15/h8-9,14H,5-7H2,1-4H3,(H,13,15). The molecule has 1 heterocycles. The van der Waals surface area contributed by atoms with Crippen LogP contribution in [0.2, 0.25) is 0 Å². The Kier molecular flexibility index (Phi) is 4.51. The van der Waals surface area contributed by atoms with Gasteiger partial charge in [0.25, 0.3) is 0 Å². The number of esters is 1. The molecule has 2 N–H and O–H groups in total. The van der Waals surface area contributed by atoms with Gasteiger partial charge in [0, 0.05) is 6.54 Å². The molecule has 1 amide bonds. The first-order valence-electron chi connectivity index (χ1n) is 6.06. The third kappa shape index (κ3) is 4.73. The predicted octanol–water partition coefficient (Wildman–Crippen LogP) is 0.585. The maximum absolute atomic E-state index is 11.7. The first-order valence-corrected chi connectivity index (χ1v) is 6.06. The summed E-state index contributed by atoms with van der Waals surface area (Å²) in [6.07, 6.45) is 1.70. The lowest BCUT2D eigenvalue weighted by Gasteiger charge is -2.27. The smallest absolute Gasteiger partial charge is 0.323 e. The lowest BCUT2D eigenvalue weighted by Crippen LogP contribution is -2.53. The van der Waals surface area contributed by atoms with Crippen molar-refractivity contribution in [3.8, 4) is 0 Å². The summed E-state index contributed by atoms with van der Waals surface area (Å²) in [5.74, 6) is -0.359. The Balaban J connectivity index is 2.45. The normalized spacial score (nSPS) is 22.8. The minimum absolute atomic E-state index is 0.0355. The van der Waals surface area contributed by atoms with Crippen LogP contribution in [-0.4, -0.2) is 36.1 Å². The molecule has 98 valence electrons. The van der Waals surface area contributed by atoms with Crippen LogP contribution >= 0.6 is 0 Å². The summed E-state index contributed by atoms with van der Waals surface area (Å²) < 4.78 is 5.24. The van der Waals surface area contributed by atoms with E-state index in [1.54, 1.807) is 6.92 Å². The van der Waals surface area contributed by atoms with Crippen LogP contribution in [-0.2, 0) is 14.3 Å². The molecule has 17 heavy (non-hydrogen) atoms. The van der Waals surface area contributed by atoms with Gasteiger partial charge in [-0.3, -0.25) is 14.9 Å². The number of amides is 1. The van der Waals surface area contributed by atoms with Crippen molar-refractivity contribution in [2.75, 3.05) is 6.54 Å². The summed E-state index contributed by atoms with van der Waals surface area (Å²) in [5.41, 5.74) is -0.498. The van der Waals surface area contributed by atoms with Crippen molar-refractivity contribution in [1.29, 1.82) is 0 Å². The number of ether oxygens (including phenoxy) is 1. The average molecular weight is 242 g/mol. The van der Waals surface area contributed by atoms with Crippen molar-refractivity contribution in [2.24, 2.45) is 0 Å². The zero-order valence-corrected chi connectivity index (χ0v) is 11.0. The molecule has 1 fully saturated rings. The van der Waals surface area contributed by atoms with Gasteiger partial charge in [0.05, 0.1) is 6.04 Å². The Morgan fingerprint density at radius 2 is 2.18 bits per heavy atom. The molecule has 0 aromatic rings. The zero-order valence-electron chi connectivity index (χ0n) is 11.0. The van der Waals surface area contributed by atoms with Gasteiger partial charge in [-0.15, -0.1) is 0 Å². The van der Waals surface area contributed by atoms with E-state index in [9.17, 15) is 9.59 Å². The molecule has 0 aromatic carbocycles. The van der Waals surface area contributed by atoms with Crippen molar-refractivity contribution in [1.82, 2.24) is 10.6 Å². The number of hydrogen-bond donors (Lipinski definition) is 2. The zero-order chi connectivity index (χ0) is 13.1. The summed E-state index contributed by atoms with van der Waals surface area (Å²) in [7, 11) is 0. The van der Waals surface area contributed by atoms with Crippen molar-refractivity contribution in [3.05, 3.63) is 0 Å². The summed E-state index contributed by atoms with van der Waals surface area (Å²) in [5, 5.41) is 5.78. The minimum atomic E-state index is -0.498. The second-order valence-electron chi connectivity index (χ2n) is 5.41. The molecule has 2 atom stereocenters. The van der Waals surface area contributed by atoms with Crippen molar-refractivity contribution in [3.63, 3.8) is 0 Å². The second kappa shape index (κ2) is 5.49. The van der Waals surface area contributed by atoms with E-state index in [1.165, 1.54) is 0 Å². The fourth-order valence-electron chi connectivity index (χ4n) is 1.69. The van der Waals surface area contributed by atoms with Crippen LogP contribution in [0.1, 0.15) is 40.5 Å². The minimum Gasteiger partial charge on any atom is -0.459 e. The first-order chi connectivity index (χ1) is 7.79. The number of rotatable bonds is 3. The van der Waals surface area contributed by atoms with Crippen molar-refractivity contribution in [2.45, 2.75) is 58.2 Å². The van der Waals surface area contributed by atoms with Crippen LogP contribution in [0.3, 0.4) is 0 Å². The molecule has 0 spiro atoms. The summed E-state index contributed by atoms with van der Waals surface area (Å²) in [6, 6.07) is -0.755. The van der Waals surface area contributed by atoms with E-state index >= 15 is 0 Å². The lowest BCUT2D eigenvalue weighted by atomic mass is 10.1. The second-order valence-corrected chi connectivity index (χ2v) is 5.41. The Morgan fingerprint density at radius 1 is 1.53 bits per heavy atom. The molecule has 0 aliphatic carbocycles. The van der Waals surface area contributed by atoms with Gasteiger partial charge in [-0.2, -0.15) is 0 Å². The lowest BCUT2D eigenvalue weighted by molar-refractivity contribution is -0.157. The highest BCUT2D eigenvalue weighted by atomic mass is 16.6. The fraction of sp³-hybridized carbons (Fsp3) is 0.833. The first kappa shape index (κ1) is 14.0. The number of nitrogens with one attached hydrogen (secondary N) is 2. The topological polar surface area (TPSA) is 67.4 Å². The van der Waals surface area contributed by atoms with Crippen LogP contribution in [0.4, 0.5) is 0 Å². The Labute approximate surface area is 102 Å². The molecule has 2 unspecified atom stereocenters. The monoisotopic (exact) mass is 242 g/mol. The SMILES string of the molecule is CC(NC1CCCNC1=O)C(=O)OC(C)(C)C. The summed E-state index contributed by atoms with van der Waals surface area (Å²) in [4.78, 5) is 23.2. The largest absolute Gasteiger partial charge is 0.459 e. The van der Waals surface area contributed by atoms with Crippen molar-refractivity contribution >= 4 is 11.9 Å². The van der Waals surface area contributed by atoms with Crippen molar-refractivity contribution < 1.29 is 14.3 Å². The molecular weight excluding hydrogens is 220 g/mol. The van der Waals surface area contributed by atoms with Crippen LogP contribution in [0, 0.1) is 0 Å². The predicted molar refractivity (Wildman–Crippen MR) is 64.5 cm³/mol. The summed E-state index contributed by atoms with van der Waals surface area (Å²) >= 11 is 0. The Morgan fingerprint density at radius 3 is 2.71 bits per heavy atom. The van der Waals surface area contributed by atoms with Crippen LogP contribution in [0.25, 0.3) is 0 Å². The molecule has 1 saturated heterocycles. The van der Waals surface area contributed by atoms with Gasteiger partial charge in [0.15, 0.2) is 0 Å². The highest BCUT2D eigenvalue weighted by Crippen LogP contribution is 2.10. The van der Waals surface area contributed by atoms with Crippen LogP contribution in [0.15, 0.2) is 0 Å². The van der Waals surface area contributed by atoms with Gasteiger partial charge in [-0.1, -0.05) is 0 Å². The van der Waals surface area contributed by atoms with Crippen LogP contribution in [0.5, 0.6) is 0 Å². The third-order valence-electron chi connectivity index (χ3n) is 2.50. The van der Waals surface area contributed by atoms with Gasteiger partial charge in [-0.05, 0) is 40.5 Å². The third-order valence-corrected chi connectivity index (χ3v) is 2.50. The van der Waals surface area contributed by atoms with Crippen LogP contribution < -0.4 is 10.6 Å². The summed E-state index contributed by atoms with van der Waals surface area (Å²) in [6.45, 7) is 7.91. The number of hydrogen-bond acceptors (Lipinski definition) is 4. The molecule has 0 saturated carbocycles. The highest BCUT2D eigenvalue weighted by Gasteiger charge is 2.28. The van der Waals surface area contributed by atoms with E-state index in [1.807, 2.05) is 20.8 Å². The van der Waals surface area contributed by atoms with E-state index in [2.05, 4.69) is 10.6 Å². The molecule has 1 aliphatic rings. The molecule has 0 radical (unpaired) electrons. The van der Waals surface area contributed by atoms with E-state index in [-0.39, 0.29) is 17.9 Å². The molecule has 1 aliphatic heterocycles. The highest BCUT2D eigenvalue weighted by molar-refractivity contribution is 5.83. The molecule has 0 aromatic heterocycles. The Hall–Kier alpha value is -1.10. The van der Waals surface area contributed by atoms with Gasteiger partial charge in [0.2, 0.25) is 5.91 Å². The molecule has 0 bridgehead atoms. The molecule has 5 heteroatoms. The Bertz CT molecular complexity index is 297. The number of carbonyl (C=O) groups is 2. The fourth-order valence-corrected chi connectivity index (χ4v) is 1.69. The van der Waals surface area contributed by atoms with Gasteiger partial charge >= 0.3 is 5.97 Å². The van der Waals surface area contributed by atoms with Gasteiger partial charge in [-0.25, -0.2) is 0 Å². The molecule has 1 rings (SSSR count). The number of piperidine rings is 1. The van der Waals surface area contributed by atoms with Gasteiger partial charge < -0.3 is 10.1 Å².